The number of aromatic amines is 2. The summed E-state index contributed by atoms with van der Waals surface area (Å²) in [7, 11) is 0. The fraction of sp³-hybridized carbons (Fsp3) is 0.409. The molecule has 4 rings (SSSR count). The predicted octanol–water partition coefficient (Wildman–Crippen LogP) is 4.09. The van der Waals surface area contributed by atoms with Crippen molar-refractivity contribution in [2.45, 2.75) is 59.0 Å². The van der Waals surface area contributed by atoms with E-state index in [1.54, 1.807) is 6.20 Å². The highest BCUT2D eigenvalue weighted by atomic mass is 16.1. The first-order chi connectivity index (χ1) is 13.5. The quantitative estimate of drug-likeness (QED) is 0.539. The minimum Gasteiger partial charge on any atom is -0.339 e. The molecule has 0 spiro atoms. The van der Waals surface area contributed by atoms with Crippen LogP contribution in [0.5, 0.6) is 0 Å². The molecule has 152 valence electrons. The van der Waals surface area contributed by atoms with Crippen LogP contribution in [-0.2, 0) is 0 Å². The monoisotopic (exact) mass is 392 g/mol. The average molecular weight is 393 g/mol. The van der Waals surface area contributed by atoms with Crippen LogP contribution in [0.15, 0.2) is 24.4 Å². The largest absolute Gasteiger partial charge is 0.339 e. The van der Waals surface area contributed by atoms with Gasteiger partial charge in [0.1, 0.15) is 5.65 Å². The minimum absolute atomic E-state index is 0.0109. The van der Waals surface area contributed by atoms with E-state index in [-0.39, 0.29) is 17.0 Å². The third-order valence-electron chi connectivity index (χ3n) is 5.37. The number of nitrogens with zero attached hydrogens (tertiary/aromatic N) is 2. The molecule has 0 aliphatic carbocycles. The molecule has 29 heavy (non-hydrogen) atoms. The second-order valence-corrected chi connectivity index (χ2v) is 9.20. The number of aryl methyl sites for hydroxylation is 1. The summed E-state index contributed by atoms with van der Waals surface area (Å²) in [5.74, 6) is -0.242. The van der Waals surface area contributed by atoms with Crippen molar-refractivity contribution >= 4 is 28.2 Å². The van der Waals surface area contributed by atoms with Gasteiger partial charge in [-0.2, -0.15) is 5.10 Å². The van der Waals surface area contributed by atoms with E-state index >= 15 is 0 Å². The number of nitrogens with one attached hydrogen (secondary N) is 4. The molecule has 0 unspecified atom stereocenters. The summed E-state index contributed by atoms with van der Waals surface area (Å²) < 4.78 is 0. The van der Waals surface area contributed by atoms with Crippen molar-refractivity contribution in [2.24, 2.45) is 0 Å². The molecule has 0 fully saturated rings. The van der Waals surface area contributed by atoms with Gasteiger partial charge in [0, 0.05) is 33.4 Å². The molecule has 1 aliphatic rings. The molecular formula is C22H28N6O. The topological polar surface area (TPSA) is 98.5 Å². The van der Waals surface area contributed by atoms with Gasteiger partial charge in [-0.25, -0.2) is 4.98 Å². The molecule has 0 radical (unpaired) electrons. The van der Waals surface area contributed by atoms with Crippen molar-refractivity contribution in [2.75, 3.05) is 5.32 Å². The maximum atomic E-state index is 12.5. The van der Waals surface area contributed by atoms with E-state index in [2.05, 4.69) is 70.6 Å². The summed E-state index contributed by atoms with van der Waals surface area (Å²) >= 11 is 0. The van der Waals surface area contributed by atoms with Gasteiger partial charge in [-0.3, -0.25) is 9.89 Å². The standard InChI is InChI=1S/C22H28N6O/c1-12-13(2)26-27-18(12)20(29)24-16-7-14-8-17(25-19(14)23-11-16)15-9-21(3,4)28-22(5,6)10-15/h7-9,11,28H,10H2,1-6H3,(H,23,25)(H,24,29)(H,26,27). The van der Waals surface area contributed by atoms with Crippen molar-refractivity contribution in [3.8, 4) is 0 Å². The lowest BCUT2D eigenvalue weighted by Crippen LogP contribution is -2.53. The number of H-pyrrole nitrogens is 2. The summed E-state index contributed by atoms with van der Waals surface area (Å²) in [5, 5.41) is 14.4. The molecule has 0 saturated heterocycles. The van der Waals surface area contributed by atoms with Crippen LogP contribution in [0.4, 0.5) is 5.69 Å². The lowest BCUT2D eigenvalue weighted by molar-refractivity contribution is 0.102. The van der Waals surface area contributed by atoms with Gasteiger partial charge in [0.05, 0.1) is 11.9 Å². The van der Waals surface area contributed by atoms with Crippen molar-refractivity contribution in [3.05, 3.63) is 47.1 Å². The number of fused-ring (bicyclic) bond motifs is 1. The van der Waals surface area contributed by atoms with Gasteiger partial charge in [-0.1, -0.05) is 6.08 Å². The number of carbonyl (C=O) groups excluding carboxylic acids is 1. The van der Waals surface area contributed by atoms with Crippen LogP contribution in [0.3, 0.4) is 0 Å². The second-order valence-electron chi connectivity index (χ2n) is 9.20. The molecule has 7 nitrogen and oxygen atoms in total. The molecule has 1 amide bonds. The molecule has 3 aromatic heterocycles. The van der Waals surface area contributed by atoms with Crippen LogP contribution in [0.2, 0.25) is 0 Å². The number of hydrogen-bond donors (Lipinski definition) is 4. The number of aromatic nitrogens is 4. The Kier molecular flexibility index (Phi) is 4.38. The number of pyridine rings is 1. The molecule has 7 heteroatoms. The average Bonchev–Trinajstić information content (AvgIpc) is 3.16. The highest BCUT2D eigenvalue weighted by molar-refractivity contribution is 6.04. The van der Waals surface area contributed by atoms with Crippen LogP contribution in [-0.4, -0.2) is 37.2 Å². The van der Waals surface area contributed by atoms with E-state index in [0.29, 0.717) is 11.4 Å². The van der Waals surface area contributed by atoms with Gasteiger partial charge in [0.2, 0.25) is 0 Å². The van der Waals surface area contributed by atoms with Crippen molar-refractivity contribution in [1.29, 1.82) is 0 Å². The van der Waals surface area contributed by atoms with Crippen LogP contribution < -0.4 is 10.6 Å². The highest BCUT2D eigenvalue weighted by Crippen LogP contribution is 2.34. The molecule has 1 aliphatic heterocycles. The van der Waals surface area contributed by atoms with Crippen LogP contribution >= 0.6 is 0 Å². The van der Waals surface area contributed by atoms with Crippen molar-refractivity contribution in [1.82, 2.24) is 25.5 Å². The first-order valence-electron chi connectivity index (χ1n) is 9.86. The first-order valence-corrected chi connectivity index (χ1v) is 9.86. The Hall–Kier alpha value is -2.93. The first kappa shape index (κ1) is 19.4. The van der Waals surface area contributed by atoms with Crippen LogP contribution in [0, 0.1) is 13.8 Å². The zero-order chi connectivity index (χ0) is 21.0. The van der Waals surface area contributed by atoms with E-state index in [0.717, 1.165) is 34.4 Å². The van der Waals surface area contributed by atoms with Gasteiger partial charge in [0.25, 0.3) is 5.91 Å². The molecule has 0 saturated carbocycles. The van der Waals surface area contributed by atoms with Gasteiger partial charge in [-0.15, -0.1) is 0 Å². The van der Waals surface area contributed by atoms with Crippen molar-refractivity contribution in [3.63, 3.8) is 0 Å². The molecule has 0 atom stereocenters. The number of hydrogen-bond acceptors (Lipinski definition) is 4. The summed E-state index contributed by atoms with van der Waals surface area (Å²) in [6, 6.07) is 4.04. The van der Waals surface area contributed by atoms with Crippen LogP contribution in [0.25, 0.3) is 16.6 Å². The maximum absolute atomic E-state index is 12.5. The summed E-state index contributed by atoms with van der Waals surface area (Å²) in [5.41, 5.74) is 5.86. The normalized spacial score (nSPS) is 17.9. The molecule has 0 bridgehead atoms. The Morgan fingerprint density at radius 2 is 1.93 bits per heavy atom. The Labute approximate surface area is 170 Å². The number of amides is 1. The fourth-order valence-electron chi connectivity index (χ4n) is 4.24. The second kappa shape index (κ2) is 6.56. The Bertz CT molecular complexity index is 1130. The van der Waals surface area contributed by atoms with Crippen molar-refractivity contribution < 1.29 is 4.79 Å². The van der Waals surface area contributed by atoms with E-state index < -0.39 is 0 Å². The van der Waals surface area contributed by atoms with Crippen LogP contribution in [0.1, 0.15) is 61.6 Å². The van der Waals surface area contributed by atoms with E-state index in [4.69, 9.17) is 0 Å². The fourth-order valence-corrected chi connectivity index (χ4v) is 4.24. The zero-order valence-corrected chi connectivity index (χ0v) is 17.8. The third-order valence-corrected chi connectivity index (χ3v) is 5.37. The smallest absolute Gasteiger partial charge is 0.276 e. The molecule has 0 aromatic carbocycles. The Morgan fingerprint density at radius 1 is 1.17 bits per heavy atom. The van der Waals surface area contributed by atoms with Gasteiger partial charge in [0.15, 0.2) is 5.69 Å². The van der Waals surface area contributed by atoms with Gasteiger partial charge < -0.3 is 15.6 Å². The highest BCUT2D eigenvalue weighted by Gasteiger charge is 2.33. The molecular weight excluding hydrogens is 364 g/mol. The lowest BCUT2D eigenvalue weighted by atomic mass is 9.82. The third kappa shape index (κ3) is 3.82. The van der Waals surface area contributed by atoms with Gasteiger partial charge >= 0.3 is 0 Å². The van der Waals surface area contributed by atoms with E-state index in [9.17, 15) is 4.79 Å². The molecule has 3 aromatic rings. The molecule has 4 heterocycles. The Balaban J connectivity index is 1.62. The zero-order valence-electron chi connectivity index (χ0n) is 17.8. The van der Waals surface area contributed by atoms with E-state index in [1.165, 1.54) is 5.57 Å². The summed E-state index contributed by atoms with van der Waals surface area (Å²) in [6.45, 7) is 12.6. The minimum atomic E-state index is -0.242. The lowest BCUT2D eigenvalue weighted by Gasteiger charge is -2.41. The Morgan fingerprint density at radius 3 is 2.59 bits per heavy atom. The summed E-state index contributed by atoms with van der Waals surface area (Å²) in [4.78, 5) is 20.5. The number of carbonyl (C=O) groups is 1. The molecule has 4 N–H and O–H groups in total. The predicted molar refractivity (Wildman–Crippen MR) is 116 cm³/mol. The number of rotatable bonds is 3. The number of anilines is 1. The SMILES string of the molecule is Cc1[nH]nc(C(=O)Nc2cnc3[nH]c(C4=CC(C)(C)NC(C)(C)C4)cc3c2)c1C. The van der Waals surface area contributed by atoms with E-state index in [1.807, 2.05) is 19.9 Å². The maximum Gasteiger partial charge on any atom is 0.276 e. The summed E-state index contributed by atoms with van der Waals surface area (Å²) in [6.07, 6.45) is 4.86. The van der Waals surface area contributed by atoms with Gasteiger partial charge in [-0.05, 0) is 65.7 Å².